The Balaban J connectivity index is 2.12. The summed E-state index contributed by atoms with van der Waals surface area (Å²) in [7, 11) is 1.34. The predicted molar refractivity (Wildman–Crippen MR) is 95.9 cm³/mol. The van der Waals surface area contributed by atoms with Gasteiger partial charge in [0.25, 0.3) is 0 Å². The zero-order valence-corrected chi connectivity index (χ0v) is 14.3. The summed E-state index contributed by atoms with van der Waals surface area (Å²) in [5.74, 6) is -1.51. The Bertz CT molecular complexity index is 928. The number of methoxy groups -OCH3 is 1. The van der Waals surface area contributed by atoms with Crippen LogP contribution in [0.3, 0.4) is 0 Å². The molecule has 0 saturated carbocycles. The number of carbonyl (C=O) groups excluding carboxylic acids is 2. The van der Waals surface area contributed by atoms with Gasteiger partial charge in [0.1, 0.15) is 0 Å². The molecule has 0 N–H and O–H groups in total. The monoisotopic (exact) mass is 348 g/mol. The van der Waals surface area contributed by atoms with E-state index in [-0.39, 0.29) is 6.42 Å². The maximum atomic E-state index is 11.9. The second kappa shape index (κ2) is 7.70. The molecular formula is C21H18NO4-. The molecule has 3 aromatic rings. The maximum absolute atomic E-state index is 11.9. The summed E-state index contributed by atoms with van der Waals surface area (Å²) in [5.41, 5.74) is 3.94. The number of carboxylic acid groups (broad SMARTS) is 1. The zero-order valence-electron chi connectivity index (χ0n) is 14.3. The SMILES string of the molecule is COC(=O)c1cccc(-n2c(CCC(=O)[O-])ccc2-c2ccccc2)c1. The van der Waals surface area contributed by atoms with Gasteiger partial charge >= 0.3 is 5.97 Å². The molecule has 1 aromatic heterocycles. The molecule has 0 aliphatic heterocycles. The molecule has 0 amide bonds. The minimum Gasteiger partial charge on any atom is -0.550 e. The van der Waals surface area contributed by atoms with Crippen LogP contribution in [-0.2, 0) is 16.0 Å². The molecule has 0 atom stereocenters. The number of esters is 1. The van der Waals surface area contributed by atoms with Crippen LogP contribution in [0.25, 0.3) is 16.9 Å². The van der Waals surface area contributed by atoms with E-state index in [1.165, 1.54) is 7.11 Å². The van der Waals surface area contributed by atoms with Crippen LogP contribution in [0.15, 0.2) is 66.7 Å². The second-order valence-electron chi connectivity index (χ2n) is 5.83. The van der Waals surface area contributed by atoms with Gasteiger partial charge in [0.05, 0.1) is 18.4 Å². The average Bonchev–Trinajstić information content (AvgIpc) is 3.10. The van der Waals surface area contributed by atoms with E-state index in [4.69, 9.17) is 4.74 Å². The number of aliphatic carboxylic acids is 1. The first-order chi connectivity index (χ1) is 12.6. The largest absolute Gasteiger partial charge is 0.550 e. The molecular weight excluding hydrogens is 330 g/mol. The molecule has 5 heteroatoms. The third-order valence-electron chi connectivity index (χ3n) is 4.14. The van der Waals surface area contributed by atoms with Crippen molar-refractivity contribution in [1.29, 1.82) is 0 Å². The fraction of sp³-hybridized carbons (Fsp3) is 0.143. The van der Waals surface area contributed by atoms with Gasteiger partial charge in [-0.05, 0) is 48.7 Å². The van der Waals surface area contributed by atoms with Gasteiger partial charge in [-0.25, -0.2) is 4.79 Å². The average molecular weight is 348 g/mol. The quantitative estimate of drug-likeness (QED) is 0.642. The van der Waals surface area contributed by atoms with E-state index in [1.54, 1.807) is 18.2 Å². The van der Waals surface area contributed by atoms with Crippen molar-refractivity contribution in [2.75, 3.05) is 7.11 Å². The Hall–Kier alpha value is -3.34. The van der Waals surface area contributed by atoms with Crippen molar-refractivity contribution in [3.05, 3.63) is 78.0 Å². The Morgan fingerprint density at radius 1 is 1.00 bits per heavy atom. The summed E-state index contributed by atoms with van der Waals surface area (Å²) >= 11 is 0. The number of hydrogen-bond acceptors (Lipinski definition) is 4. The van der Waals surface area contributed by atoms with Gasteiger partial charge in [0.15, 0.2) is 0 Å². The van der Waals surface area contributed by atoms with Crippen molar-refractivity contribution >= 4 is 11.9 Å². The molecule has 132 valence electrons. The summed E-state index contributed by atoms with van der Waals surface area (Å²) in [6.45, 7) is 0. The standard InChI is InChI=1S/C21H19NO4/c1-26-21(25)16-8-5-9-18(14-16)22-17(11-13-20(23)24)10-12-19(22)15-6-3-2-4-7-15/h2-10,12,14H,11,13H2,1H3,(H,23,24)/p-1. The van der Waals surface area contributed by atoms with Crippen LogP contribution in [0.4, 0.5) is 0 Å². The molecule has 26 heavy (non-hydrogen) atoms. The summed E-state index contributed by atoms with van der Waals surface area (Å²) in [6.07, 6.45) is 0.257. The van der Waals surface area contributed by atoms with Crippen molar-refractivity contribution in [1.82, 2.24) is 4.57 Å². The molecule has 0 aliphatic carbocycles. The number of ether oxygens (including phenoxy) is 1. The van der Waals surface area contributed by atoms with Crippen LogP contribution in [-0.4, -0.2) is 23.6 Å². The van der Waals surface area contributed by atoms with E-state index < -0.39 is 11.9 Å². The fourth-order valence-electron chi connectivity index (χ4n) is 2.93. The number of rotatable bonds is 6. The third-order valence-corrected chi connectivity index (χ3v) is 4.14. The molecule has 3 rings (SSSR count). The Labute approximate surface area is 151 Å². The van der Waals surface area contributed by atoms with E-state index in [0.29, 0.717) is 12.0 Å². The lowest BCUT2D eigenvalue weighted by atomic mass is 10.1. The van der Waals surface area contributed by atoms with Gasteiger partial charge in [-0.2, -0.15) is 0 Å². The van der Waals surface area contributed by atoms with Gasteiger partial charge in [-0.1, -0.05) is 36.4 Å². The number of aromatic nitrogens is 1. The second-order valence-corrected chi connectivity index (χ2v) is 5.83. The molecule has 0 spiro atoms. The Morgan fingerprint density at radius 2 is 1.77 bits per heavy atom. The maximum Gasteiger partial charge on any atom is 0.337 e. The van der Waals surface area contributed by atoms with Crippen molar-refractivity contribution in [3.8, 4) is 16.9 Å². The number of hydrogen-bond donors (Lipinski definition) is 0. The van der Waals surface area contributed by atoms with Gasteiger partial charge in [-0.3, -0.25) is 0 Å². The molecule has 0 unspecified atom stereocenters. The molecule has 0 aliphatic rings. The first kappa shape index (κ1) is 17.5. The lowest BCUT2D eigenvalue weighted by Crippen LogP contribution is -2.22. The zero-order chi connectivity index (χ0) is 18.5. The highest BCUT2D eigenvalue weighted by atomic mass is 16.5. The minimum atomic E-state index is -1.10. The van der Waals surface area contributed by atoms with E-state index in [0.717, 1.165) is 22.6 Å². The lowest BCUT2D eigenvalue weighted by Gasteiger charge is -2.15. The molecule has 2 aromatic carbocycles. The van der Waals surface area contributed by atoms with Gasteiger partial charge in [0, 0.05) is 17.4 Å². The van der Waals surface area contributed by atoms with Crippen molar-refractivity contribution < 1.29 is 19.4 Å². The fourth-order valence-corrected chi connectivity index (χ4v) is 2.93. The number of carbonyl (C=O) groups is 2. The topological polar surface area (TPSA) is 71.4 Å². The van der Waals surface area contributed by atoms with Gasteiger partial charge < -0.3 is 19.2 Å². The number of aryl methyl sites for hydroxylation is 1. The van der Waals surface area contributed by atoms with Crippen LogP contribution >= 0.6 is 0 Å². The molecule has 1 heterocycles. The molecule has 0 saturated heterocycles. The first-order valence-electron chi connectivity index (χ1n) is 8.25. The summed E-state index contributed by atoms with van der Waals surface area (Å²) < 4.78 is 6.76. The normalized spacial score (nSPS) is 10.5. The number of nitrogens with zero attached hydrogens (tertiary/aromatic N) is 1. The molecule has 0 radical (unpaired) electrons. The highest BCUT2D eigenvalue weighted by Crippen LogP contribution is 2.28. The van der Waals surface area contributed by atoms with Crippen LogP contribution in [0, 0.1) is 0 Å². The van der Waals surface area contributed by atoms with Crippen molar-refractivity contribution in [2.45, 2.75) is 12.8 Å². The lowest BCUT2D eigenvalue weighted by molar-refractivity contribution is -0.305. The van der Waals surface area contributed by atoms with Crippen LogP contribution in [0.2, 0.25) is 0 Å². The molecule has 0 bridgehead atoms. The van der Waals surface area contributed by atoms with Gasteiger partial charge in [0.2, 0.25) is 0 Å². The van der Waals surface area contributed by atoms with Crippen molar-refractivity contribution in [3.63, 3.8) is 0 Å². The summed E-state index contributed by atoms with van der Waals surface area (Å²) in [4.78, 5) is 22.8. The van der Waals surface area contributed by atoms with E-state index in [1.807, 2.05) is 53.1 Å². The number of benzene rings is 2. The van der Waals surface area contributed by atoms with Gasteiger partial charge in [-0.15, -0.1) is 0 Å². The number of carboxylic acids is 1. The third kappa shape index (κ3) is 3.67. The van der Waals surface area contributed by atoms with Crippen LogP contribution < -0.4 is 5.11 Å². The highest BCUT2D eigenvalue weighted by Gasteiger charge is 2.14. The summed E-state index contributed by atoms with van der Waals surface area (Å²) in [5, 5.41) is 10.9. The smallest absolute Gasteiger partial charge is 0.337 e. The highest BCUT2D eigenvalue weighted by molar-refractivity contribution is 5.90. The van der Waals surface area contributed by atoms with Crippen LogP contribution in [0.5, 0.6) is 0 Å². The summed E-state index contributed by atoms with van der Waals surface area (Å²) in [6, 6.07) is 20.7. The predicted octanol–water partition coefficient (Wildman–Crippen LogP) is 2.61. The Kier molecular flexibility index (Phi) is 5.17. The van der Waals surface area contributed by atoms with Crippen molar-refractivity contribution in [2.24, 2.45) is 0 Å². The first-order valence-corrected chi connectivity index (χ1v) is 8.25. The van der Waals surface area contributed by atoms with E-state index >= 15 is 0 Å². The minimum absolute atomic E-state index is 0.0745. The molecule has 0 fully saturated rings. The molecule has 5 nitrogen and oxygen atoms in total. The Morgan fingerprint density at radius 3 is 2.46 bits per heavy atom. The van der Waals surface area contributed by atoms with E-state index in [9.17, 15) is 14.7 Å². The van der Waals surface area contributed by atoms with Crippen LogP contribution in [0.1, 0.15) is 22.5 Å². The van der Waals surface area contributed by atoms with E-state index in [2.05, 4.69) is 0 Å².